The van der Waals surface area contributed by atoms with Gasteiger partial charge in [0.25, 0.3) is 11.5 Å². The Kier molecular flexibility index (Phi) is 9.75. The smallest absolute Gasteiger partial charge is 0.870 e. The van der Waals surface area contributed by atoms with Crippen molar-refractivity contribution in [1.29, 1.82) is 0 Å². The summed E-state index contributed by atoms with van der Waals surface area (Å²) in [4.78, 5) is 43.6. The minimum Gasteiger partial charge on any atom is -0.870 e. The van der Waals surface area contributed by atoms with Crippen molar-refractivity contribution in [3.05, 3.63) is 69.4 Å². The molecule has 2 N–H and O–H groups in total. The molecular formula is C23H24FN4NaO5. The minimum absolute atomic E-state index is 0. The number of aliphatic hydroxyl groups is 1. The molecule has 174 valence electrons. The van der Waals surface area contributed by atoms with E-state index in [4.69, 9.17) is 5.11 Å². The first-order chi connectivity index (χ1) is 15.7. The zero-order valence-electron chi connectivity index (χ0n) is 19.3. The number of benzene rings is 1. The fourth-order valence-electron chi connectivity index (χ4n) is 3.27. The van der Waals surface area contributed by atoms with Gasteiger partial charge >= 0.3 is 29.6 Å². The Morgan fingerprint density at radius 3 is 2.50 bits per heavy atom. The molecule has 1 aromatic carbocycles. The van der Waals surface area contributed by atoms with Crippen LogP contribution in [0.1, 0.15) is 27.9 Å². The molecule has 0 aliphatic rings. The Morgan fingerprint density at radius 2 is 1.88 bits per heavy atom. The van der Waals surface area contributed by atoms with E-state index in [9.17, 15) is 23.9 Å². The number of carbonyl (C=O) groups excluding carboxylic acids is 2. The molecule has 3 rings (SSSR count). The van der Waals surface area contributed by atoms with Gasteiger partial charge in [-0.15, -0.1) is 0 Å². The van der Waals surface area contributed by atoms with Crippen molar-refractivity contribution in [2.45, 2.75) is 19.4 Å². The minimum atomic E-state index is -0.898. The van der Waals surface area contributed by atoms with Crippen LogP contribution in [0.25, 0.3) is 11.0 Å². The maximum atomic E-state index is 13.2. The zero-order valence-corrected chi connectivity index (χ0v) is 21.3. The van der Waals surface area contributed by atoms with Crippen LogP contribution in [0.2, 0.25) is 0 Å². The van der Waals surface area contributed by atoms with Gasteiger partial charge < -0.3 is 20.4 Å². The second kappa shape index (κ2) is 12.1. The molecule has 0 saturated carbocycles. The van der Waals surface area contributed by atoms with E-state index in [1.165, 1.54) is 37.3 Å². The predicted octanol–water partition coefficient (Wildman–Crippen LogP) is -2.60. The summed E-state index contributed by atoms with van der Waals surface area (Å²) in [5, 5.41) is 24.3. The molecule has 0 spiro atoms. The molecule has 2 heterocycles. The number of amides is 2. The monoisotopic (exact) mass is 478 g/mol. The molecule has 0 radical (unpaired) electrons. The summed E-state index contributed by atoms with van der Waals surface area (Å²) in [6.07, 6.45) is 2.06. The number of carbonyl (C=O) groups is 2. The summed E-state index contributed by atoms with van der Waals surface area (Å²) in [7, 11) is 3.05. The fourth-order valence-corrected chi connectivity index (χ4v) is 3.27. The number of pyridine rings is 2. The third-order valence-electron chi connectivity index (χ3n) is 5.08. The topological polar surface area (TPSA) is 128 Å². The van der Waals surface area contributed by atoms with Gasteiger partial charge in [0.15, 0.2) is 0 Å². The Balaban J connectivity index is 0.00000408. The number of nitrogens with one attached hydrogen (secondary N) is 1. The van der Waals surface area contributed by atoms with Crippen molar-refractivity contribution in [2.24, 2.45) is 0 Å². The quantitative estimate of drug-likeness (QED) is 0.270. The van der Waals surface area contributed by atoms with Crippen molar-refractivity contribution in [1.82, 2.24) is 19.8 Å². The SMILES string of the molecule is CN(C)C(=O)Cn1c(=O)c(C(=O)NCCCO)c([O-])c2ncc(Cc3ccc(F)cc3)cc21.[Na+]. The second-order valence-corrected chi connectivity index (χ2v) is 7.73. The molecule has 0 atom stereocenters. The van der Waals surface area contributed by atoms with Gasteiger partial charge in [0, 0.05) is 33.4 Å². The van der Waals surface area contributed by atoms with Crippen molar-refractivity contribution in [3.8, 4) is 5.75 Å². The van der Waals surface area contributed by atoms with Crippen LogP contribution in [0.5, 0.6) is 5.75 Å². The predicted molar refractivity (Wildman–Crippen MR) is 117 cm³/mol. The zero-order chi connectivity index (χ0) is 24.1. The van der Waals surface area contributed by atoms with Gasteiger partial charge in [0.2, 0.25) is 5.91 Å². The molecule has 0 aliphatic heterocycles. The maximum Gasteiger partial charge on any atom is 1.00 e. The standard InChI is InChI=1S/C23H25FN4O5.Na/c1-27(2)18(30)13-28-17-11-15(10-14-4-6-16(24)7-5-14)12-26-20(17)21(31)19(23(28)33)22(32)25-8-3-9-29;/h4-7,11-12,29,31H,3,8-10,13H2,1-2H3,(H,25,32);/q;+1/p-1. The van der Waals surface area contributed by atoms with E-state index in [0.29, 0.717) is 12.0 Å². The van der Waals surface area contributed by atoms with Gasteiger partial charge in [-0.3, -0.25) is 23.9 Å². The molecule has 3 aromatic rings. The van der Waals surface area contributed by atoms with E-state index in [1.54, 1.807) is 18.2 Å². The molecule has 9 nitrogen and oxygen atoms in total. The first-order valence-electron chi connectivity index (χ1n) is 10.3. The van der Waals surface area contributed by atoms with Gasteiger partial charge in [0.05, 0.1) is 16.6 Å². The van der Waals surface area contributed by atoms with Gasteiger partial charge in [-0.25, -0.2) is 4.39 Å². The van der Waals surface area contributed by atoms with Crippen molar-refractivity contribution in [3.63, 3.8) is 0 Å². The van der Waals surface area contributed by atoms with Crippen molar-refractivity contribution < 1.29 is 53.7 Å². The van der Waals surface area contributed by atoms with Crippen molar-refractivity contribution in [2.75, 3.05) is 27.2 Å². The number of aliphatic hydroxyl groups excluding tert-OH is 1. The molecule has 34 heavy (non-hydrogen) atoms. The number of hydrogen-bond acceptors (Lipinski definition) is 6. The van der Waals surface area contributed by atoms with Crippen LogP contribution in [0.3, 0.4) is 0 Å². The molecule has 0 saturated heterocycles. The number of rotatable bonds is 8. The average Bonchev–Trinajstić information content (AvgIpc) is 2.78. The molecular weight excluding hydrogens is 454 g/mol. The van der Waals surface area contributed by atoms with Gasteiger partial charge in [-0.05, 0) is 42.2 Å². The number of halogens is 1. The van der Waals surface area contributed by atoms with Crippen LogP contribution in [0, 0.1) is 5.82 Å². The van der Waals surface area contributed by atoms with Crippen LogP contribution in [0.4, 0.5) is 4.39 Å². The molecule has 0 aliphatic carbocycles. The fraction of sp³-hybridized carbons (Fsp3) is 0.304. The van der Waals surface area contributed by atoms with Crippen LogP contribution < -0.4 is 45.5 Å². The number of aromatic nitrogens is 2. The average molecular weight is 478 g/mol. The van der Waals surface area contributed by atoms with Crippen LogP contribution >= 0.6 is 0 Å². The Labute approximate surface area is 217 Å². The normalized spacial score (nSPS) is 10.6. The van der Waals surface area contributed by atoms with Crippen molar-refractivity contribution >= 4 is 22.8 Å². The summed E-state index contributed by atoms with van der Waals surface area (Å²) in [6.45, 7) is -0.476. The molecule has 11 heteroatoms. The van der Waals surface area contributed by atoms with Crippen LogP contribution in [0.15, 0.2) is 41.3 Å². The van der Waals surface area contributed by atoms with E-state index in [0.717, 1.165) is 10.1 Å². The van der Waals surface area contributed by atoms with Gasteiger partial charge in [-0.2, -0.15) is 0 Å². The second-order valence-electron chi connectivity index (χ2n) is 7.73. The summed E-state index contributed by atoms with van der Waals surface area (Å²) < 4.78 is 14.3. The Morgan fingerprint density at radius 1 is 1.21 bits per heavy atom. The number of fused-ring (bicyclic) bond motifs is 1. The summed E-state index contributed by atoms with van der Waals surface area (Å²) in [5.74, 6) is -2.50. The van der Waals surface area contributed by atoms with E-state index in [2.05, 4.69) is 10.3 Å². The molecule has 0 unspecified atom stereocenters. The molecule has 2 aromatic heterocycles. The number of likely N-dealkylation sites (N-methyl/N-ethyl adjacent to an activating group) is 1. The first-order valence-corrected chi connectivity index (χ1v) is 10.3. The van der Waals surface area contributed by atoms with Gasteiger partial charge in [-0.1, -0.05) is 17.9 Å². The Bertz CT molecular complexity index is 1240. The largest absolute Gasteiger partial charge is 1.00 e. The van der Waals surface area contributed by atoms with Crippen LogP contribution in [-0.4, -0.2) is 58.6 Å². The third kappa shape index (κ3) is 6.20. The molecule has 0 fully saturated rings. The summed E-state index contributed by atoms with van der Waals surface area (Å²) in [5.41, 5.74) is -0.0871. The van der Waals surface area contributed by atoms with E-state index < -0.39 is 28.7 Å². The van der Waals surface area contributed by atoms with E-state index in [-0.39, 0.29) is 72.5 Å². The van der Waals surface area contributed by atoms with Crippen LogP contribution in [-0.2, 0) is 17.8 Å². The molecule has 2 amide bonds. The maximum absolute atomic E-state index is 13.2. The van der Waals surface area contributed by atoms with E-state index >= 15 is 0 Å². The summed E-state index contributed by atoms with van der Waals surface area (Å²) >= 11 is 0. The molecule has 0 bridgehead atoms. The third-order valence-corrected chi connectivity index (χ3v) is 5.08. The number of nitrogens with zero attached hydrogens (tertiary/aromatic N) is 3. The summed E-state index contributed by atoms with van der Waals surface area (Å²) in [6, 6.07) is 7.45. The van der Waals surface area contributed by atoms with E-state index in [1.807, 2.05) is 0 Å². The number of hydrogen-bond donors (Lipinski definition) is 2. The Hall–Kier alpha value is -2.79. The first kappa shape index (κ1) is 27.5. The van der Waals surface area contributed by atoms with Gasteiger partial charge in [0.1, 0.15) is 12.4 Å².